The molecule has 6 heteroatoms. The molecule has 4 aromatic heterocycles. The summed E-state index contributed by atoms with van der Waals surface area (Å²) in [7, 11) is 3.51. The van der Waals surface area contributed by atoms with Gasteiger partial charge in [-0.15, -0.1) is 0 Å². The summed E-state index contributed by atoms with van der Waals surface area (Å²) in [5.41, 5.74) is 16.1. The number of nitrogens with zero attached hydrogens (tertiary/aromatic N) is 4. The summed E-state index contributed by atoms with van der Waals surface area (Å²) in [4.78, 5) is 17.4. The second kappa shape index (κ2) is 16.2. The van der Waals surface area contributed by atoms with Crippen LogP contribution in [-0.2, 0) is 0 Å². The number of hydrogen-bond acceptors (Lipinski definition) is 6. The lowest BCUT2D eigenvalue weighted by molar-refractivity contribution is 0.408. The van der Waals surface area contributed by atoms with Gasteiger partial charge in [0.05, 0.1) is 14.2 Å². The molecule has 0 fully saturated rings. The van der Waals surface area contributed by atoms with Crippen LogP contribution in [0.5, 0.6) is 11.5 Å². The van der Waals surface area contributed by atoms with Crippen molar-refractivity contribution >= 4 is 0 Å². The molecule has 4 heterocycles. The summed E-state index contributed by atoms with van der Waals surface area (Å²) in [6, 6.07) is 50.5. The average molecular weight is 751 g/mol. The highest BCUT2D eigenvalue weighted by Gasteiger charge is 2.29. The minimum atomic E-state index is 0.738. The Morgan fingerprint density at radius 2 is 0.466 bits per heavy atom. The van der Waals surface area contributed by atoms with Gasteiger partial charge in [0.15, 0.2) is 0 Å². The lowest BCUT2D eigenvalue weighted by Crippen LogP contribution is -2.03. The van der Waals surface area contributed by atoms with Gasteiger partial charge < -0.3 is 9.47 Å². The Bertz CT molecular complexity index is 2390. The Labute approximate surface area is 338 Å². The van der Waals surface area contributed by atoms with Gasteiger partial charge in [-0.25, -0.2) is 0 Å². The van der Waals surface area contributed by atoms with Crippen LogP contribution < -0.4 is 9.47 Å². The minimum absolute atomic E-state index is 0.738. The van der Waals surface area contributed by atoms with Crippen LogP contribution in [0.15, 0.2) is 195 Å². The molecule has 9 aromatic rings. The number of rotatable bonds is 10. The molecule has 5 aromatic carbocycles. The first-order valence-electron chi connectivity index (χ1n) is 19.1. The number of ether oxygens (including phenoxy) is 2. The molecule has 0 aliphatic rings. The Morgan fingerprint density at radius 3 is 0.638 bits per heavy atom. The van der Waals surface area contributed by atoms with Crippen molar-refractivity contribution in [2.75, 3.05) is 14.2 Å². The van der Waals surface area contributed by atoms with Crippen molar-refractivity contribution in [1.82, 2.24) is 19.9 Å². The van der Waals surface area contributed by atoms with Gasteiger partial charge in [-0.05, 0) is 91.0 Å². The highest BCUT2D eigenvalue weighted by Crippen LogP contribution is 2.56. The van der Waals surface area contributed by atoms with Crippen molar-refractivity contribution in [3.05, 3.63) is 195 Å². The van der Waals surface area contributed by atoms with E-state index in [-0.39, 0.29) is 0 Å². The largest absolute Gasteiger partial charge is 0.495 e. The van der Waals surface area contributed by atoms with Crippen LogP contribution in [0.3, 0.4) is 0 Å². The molecule has 0 saturated heterocycles. The molecule has 278 valence electrons. The van der Waals surface area contributed by atoms with Crippen molar-refractivity contribution in [2.24, 2.45) is 0 Å². The van der Waals surface area contributed by atoms with Gasteiger partial charge in [0.1, 0.15) is 11.5 Å². The van der Waals surface area contributed by atoms with Gasteiger partial charge in [0.2, 0.25) is 0 Å². The molecule has 0 N–H and O–H groups in total. The summed E-state index contributed by atoms with van der Waals surface area (Å²) in [6.45, 7) is 0. The molecular weight excluding hydrogens is 713 g/mol. The molecule has 0 radical (unpaired) electrons. The Balaban J connectivity index is 1.32. The molecule has 0 aliphatic heterocycles. The third kappa shape index (κ3) is 6.99. The van der Waals surface area contributed by atoms with Crippen molar-refractivity contribution in [3.63, 3.8) is 0 Å². The van der Waals surface area contributed by atoms with E-state index in [1.165, 1.54) is 0 Å². The van der Waals surface area contributed by atoms with Gasteiger partial charge in [-0.3, -0.25) is 19.9 Å². The van der Waals surface area contributed by atoms with E-state index in [0.717, 1.165) is 101 Å². The maximum Gasteiger partial charge on any atom is 0.136 e. The maximum absolute atomic E-state index is 6.63. The first kappa shape index (κ1) is 36.0. The van der Waals surface area contributed by atoms with Crippen molar-refractivity contribution < 1.29 is 9.47 Å². The number of methoxy groups -OCH3 is 2. The first-order chi connectivity index (χ1) is 28.7. The summed E-state index contributed by atoms with van der Waals surface area (Å²) < 4.78 is 13.3. The van der Waals surface area contributed by atoms with Crippen molar-refractivity contribution in [3.8, 4) is 101 Å². The standard InChI is InChI=1S/C52H38N4O2/c1-57-51-47(39-19-11-35(12-20-39)43-7-3-27-53-31-43)49(41-23-15-37(16-24-41)45-9-5-29-55-33-45)52(58-2)50(42-25-17-38(18-26-42)46-10-6-30-56-34-46)48(51)40-21-13-36(14-22-40)44-8-4-28-54-32-44/h3-34H,1-2H3. The minimum Gasteiger partial charge on any atom is -0.495 e. The predicted molar refractivity (Wildman–Crippen MR) is 234 cm³/mol. The molecule has 0 atom stereocenters. The van der Waals surface area contributed by atoms with Crippen molar-refractivity contribution in [2.45, 2.75) is 0 Å². The predicted octanol–water partition coefficient (Wildman–Crippen LogP) is 12.6. The second-order valence-electron chi connectivity index (χ2n) is 13.8. The molecule has 0 amide bonds. The topological polar surface area (TPSA) is 70.0 Å². The molecule has 0 unspecified atom stereocenters. The zero-order valence-electron chi connectivity index (χ0n) is 32.1. The van der Waals surface area contributed by atoms with Crippen LogP contribution in [0, 0.1) is 0 Å². The SMILES string of the molecule is COc1c(-c2ccc(-c3cccnc3)cc2)c(-c2ccc(-c3cccnc3)cc2)c(OC)c(-c2ccc(-c3cccnc3)cc2)c1-c1ccc(-c2cccnc2)cc1. The highest BCUT2D eigenvalue weighted by molar-refractivity contribution is 6.06. The molecule has 0 spiro atoms. The van der Waals surface area contributed by atoms with Gasteiger partial charge in [0, 0.05) is 71.8 Å². The summed E-state index contributed by atoms with van der Waals surface area (Å²) in [5.74, 6) is 1.48. The average Bonchev–Trinajstić information content (AvgIpc) is 3.32. The van der Waals surface area contributed by atoms with Crippen LogP contribution >= 0.6 is 0 Å². The lowest BCUT2D eigenvalue weighted by Gasteiger charge is -2.26. The van der Waals surface area contributed by atoms with Crippen LogP contribution in [0.4, 0.5) is 0 Å². The quantitative estimate of drug-likeness (QED) is 0.139. The lowest BCUT2D eigenvalue weighted by atomic mass is 9.82. The fourth-order valence-electron chi connectivity index (χ4n) is 7.67. The maximum atomic E-state index is 6.63. The van der Waals surface area contributed by atoms with E-state index in [1.807, 2.05) is 49.1 Å². The molecule has 0 saturated carbocycles. The normalized spacial score (nSPS) is 10.9. The van der Waals surface area contributed by atoms with Crippen LogP contribution in [0.25, 0.3) is 89.0 Å². The Morgan fingerprint density at radius 1 is 0.259 bits per heavy atom. The monoisotopic (exact) mass is 750 g/mol. The third-order valence-corrected chi connectivity index (χ3v) is 10.5. The summed E-state index contributed by atoms with van der Waals surface area (Å²) in [5, 5.41) is 0. The molecule has 58 heavy (non-hydrogen) atoms. The smallest absolute Gasteiger partial charge is 0.136 e. The number of hydrogen-bond donors (Lipinski definition) is 0. The van der Waals surface area contributed by atoms with Crippen LogP contribution in [0.2, 0.25) is 0 Å². The van der Waals surface area contributed by atoms with Crippen LogP contribution in [0.1, 0.15) is 0 Å². The van der Waals surface area contributed by atoms with E-state index < -0.39 is 0 Å². The van der Waals surface area contributed by atoms with Gasteiger partial charge in [-0.1, -0.05) is 121 Å². The van der Waals surface area contributed by atoms with Gasteiger partial charge in [0.25, 0.3) is 0 Å². The fourth-order valence-corrected chi connectivity index (χ4v) is 7.67. The van der Waals surface area contributed by atoms with E-state index in [4.69, 9.17) is 9.47 Å². The zero-order chi connectivity index (χ0) is 39.3. The summed E-state index contributed by atoms with van der Waals surface area (Å²) in [6.07, 6.45) is 14.7. The zero-order valence-corrected chi connectivity index (χ0v) is 32.1. The van der Waals surface area contributed by atoms with E-state index >= 15 is 0 Å². The van der Waals surface area contributed by atoms with E-state index in [1.54, 1.807) is 39.0 Å². The number of aromatic nitrogens is 4. The molecular formula is C52H38N4O2. The van der Waals surface area contributed by atoms with Crippen molar-refractivity contribution in [1.29, 1.82) is 0 Å². The third-order valence-electron chi connectivity index (χ3n) is 10.5. The van der Waals surface area contributed by atoms with Gasteiger partial charge in [-0.2, -0.15) is 0 Å². The highest BCUT2D eigenvalue weighted by atomic mass is 16.5. The number of pyridine rings is 4. The van der Waals surface area contributed by atoms with E-state index in [2.05, 4.69) is 141 Å². The number of benzene rings is 5. The van der Waals surface area contributed by atoms with Crippen LogP contribution in [-0.4, -0.2) is 34.2 Å². The Kier molecular flexibility index (Phi) is 10.0. The van der Waals surface area contributed by atoms with Gasteiger partial charge >= 0.3 is 0 Å². The molecule has 0 aliphatic carbocycles. The fraction of sp³-hybridized carbons (Fsp3) is 0.0385. The second-order valence-corrected chi connectivity index (χ2v) is 13.8. The van der Waals surface area contributed by atoms with E-state index in [9.17, 15) is 0 Å². The molecule has 0 bridgehead atoms. The Hall–Kier alpha value is -7.70. The molecule has 9 rings (SSSR count). The van der Waals surface area contributed by atoms with E-state index in [0.29, 0.717) is 0 Å². The molecule has 6 nitrogen and oxygen atoms in total. The summed E-state index contributed by atoms with van der Waals surface area (Å²) >= 11 is 0. The first-order valence-corrected chi connectivity index (χ1v) is 19.1.